The van der Waals surface area contributed by atoms with E-state index in [-0.39, 0.29) is 36.4 Å². The quantitative estimate of drug-likeness (QED) is 0.201. The summed E-state index contributed by atoms with van der Waals surface area (Å²) >= 11 is 0. The molecule has 1 aromatic heterocycles. The van der Waals surface area contributed by atoms with Crippen LogP contribution in [0.15, 0.2) is 72.9 Å². The van der Waals surface area contributed by atoms with E-state index >= 15 is 0 Å². The molecule has 1 saturated carbocycles. The van der Waals surface area contributed by atoms with E-state index in [1.54, 1.807) is 56.5 Å². The van der Waals surface area contributed by atoms with Crippen molar-refractivity contribution in [1.29, 1.82) is 0 Å². The van der Waals surface area contributed by atoms with E-state index in [1.165, 1.54) is 12.0 Å². The van der Waals surface area contributed by atoms with E-state index in [1.807, 2.05) is 30.5 Å². The highest BCUT2D eigenvalue weighted by Gasteiger charge is 2.35. The maximum Gasteiger partial charge on any atom is 0.338 e. The number of hydrogen-bond donors (Lipinski definition) is 2. The van der Waals surface area contributed by atoms with Crippen molar-refractivity contribution >= 4 is 34.4 Å². The summed E-state index contributed by atoms with van der Waals surface area (Å²) < 4.78 is 16.3. The van der Waals surface area contributed by atoms with Crippen molar-refractivity contribution in [2.24, 2.45) is 0 Å². The lowest BCUT2D eigenvalue weighted by atomic mass is 9.94. The zero-order valence-corrected chi connectivity index (χ0v) is 25.4. The number of amides is 2. The van der Waals surface area contributed by atoms with Crippen molar-refractivity contribution in [3.05, 3.63) is 89.6 Å². The maximum atomic E-state index is 14.5. The van der Waals surface area contributed by atoms with Gasteiger partial charge in [-0.3, -0.25) is 14.5 Å². The summed E-state index contributed by atoms with van der Waals surface area (Å²) in [6, 6.07) is 18.6. The average molecular weight is 598 g/mol. The zero-order chi connectivity index (χ0) is 31.1. The predicted molar refractivity (Wildman–Crippen MR) is 169 cm³/mol. The van der Waals surface area contributed by atoms with Gasteiger partial charge in [0.05, 0.1) is 32.8 Å². The zero-order valence-electron chi connectivity index (χ0n) is 25.4. The van der Waals surface area contributed by atoms with Crippen LogP contribution in [0.1, 0.15) is 66.6 Å². The van der Waals surface area contributed by atoms with Crippen molar-refractivity contribution in [2.75, 3.05) is 25.7 Å². The first kappa shape index (κ1) is 30.7. The fraction of sp³-hybridized carbons (Fsp3) is 0.343. The number of anilines is 1. The largest absolute Gasteiger partial charge is 0.493 e. The Balaban J connectivity index is 1.63. The Labute approximate surface area is 257 Å². The first-order chi connectivity index (χ1) is 21.4. The fourth-order valence-electron chi connectivity index (χ4n) is 5.93. The molecule has 3 aromatic carbocycles. The van der Waals surface area contributed by atoms with Crippen LogP contribution in [0.4, 0.5) is 5.69 Å². The van der Waals surface area contributed by atoms with E-state index < -0.39 is 12.0 Å². The molecule has 1 heterocycles. The monoisotopic (exact) mass is 597 g/mol. The molecule has 0 saturated heterocycles. The van der Waals surface area contributed by atoms with Crippen LogP contribution >= 0.6 is 0 Å². The summed E-state index contributed by atoms with van der Waals surface area (Å²) in [7, 11) is 3.07. The van der Waals surface area contributed by atoms with Crippen molar-refractivity contribution < 1.29 is 28.6 Å². The summed E-state index contributed by atoms with van der Waals surface area (Å²) in [5, 5.41) is 4.16. The first-order valence-electron chi connectivity index (χ1n) is 15.1. The van der Waals surface area contributed by atoms with Gasteiger partial charge in [0.25, 0.3) is 0 Å². The van der Waals surface area contributed by atoms with Gasteiger partial charge < -0.3 is 24.5 Å². The fourth-order valence-corrected chi connectivity index (χ4v) is 5.93. The van der Waals surface area contributed by atoms with Gasteiger partial charge in [0.1, 0.15) is 6.04 Å². The molecule has 1 atom stereocenters. The third-order valence-electron chi connectivity index (χ3n) is 8.10. The molecule has 1 aliphatic rings. The number of carbonyl (C=O) groups excluding carboxylic acids is 3. The van der Waals surface area contributed by atoms with Crippen molar-refractivity contribution in [1.82, 2.24) is 10.3 Å². The summed E-state index contributed by atoms with van der Waals surface area (Å²) in [6.07, 6.45) is 6.82. The molecule has 1 fully saturated rings. The Morgan fingerprint density at radius 1 is 0.932 bits per heavy atom. The minimum absolute atomic E-state index is 0.00956. The Bertz CT molecular complexity index is 1620. The van der Waals surface area contributed by atoms with Crippen molar-refractivity contribution in [3.8, 4) is 11.5 Å². The summed E-state index contributed by atoms with van der Waals surface area (Å²) in [5.41, 5.74) is 2.95. The lowest BCUT2D eigenvalue weighted by Gasteiger charge is -2.34. The maximum absolute atomic E-state index is 14.5. The number of methoxy groups -OCH3 is 2. The molecule has 9 heteroatoms. The Hall–Kier alpha value is -4.79. The number of rotatable bonds is 11. The highest BCUT2D eigenvalue weighted by atomic mass is 16.5. The molecule has 0 radical (unpaired) electrons. The number of benzene rings is 3. The van der Waals surface area contributed by atoms with Crippen LogP contribution < -0.4 is 19.7 Å². The third-order valence-corrected chi connectivity index (χ3v) is 8.10. The molecular weight excluding hydrogens is 558 g/mol. The minimum atomic E-state index is -1.06. The summed E-state index contributed by atoms with van der Waals surface area (Å²) in [4.78, 5) is 46.3. The number of hydrogen-bond acceptors (Lipinski definition) is 6. The number of aromatic nitrogens is 1. The topological polar surface area (TPSA) is 110 Å². The van der Waals surface area contributed by atoms with Gasteiger partial charge in [-0.25, -0.2) is 4.79 Å². The van der Waals surface area contributed by atoms with Gasteiger partial charge in [0.15, 0.2) is 11.5 Å². The highest BCUT2D eigenvalue weighted by Crippen LogP contribution is 2.36. The van der Waals surface area contributed by atoms with Crippen LogP contribution in [0.3, 0.4) is 0 Å². The van der Waals surface area contributed by atoms with E-state index in [0.717, 1.165) is 48.6 Å². The van der Waals surface area contributed by atoms with Gasteiger partial charge in [0.2, 0.25) is 11.8 Å². The Kier molecular flexibility index (Phi) is 9.84. The molecule has 44 heavy (non-hydrogen) atoms. The standard InChI is InChI=1S/C35H39N3O6/c1-4-44-35(41)24-11-10-14-27(19-24)38(32(39)21-25-22-36-29-16-9-8-15-28(25)29)33(34(40)37-26-12-6-5-7-13-26)23-17-18-30(42-2)31(20-23)43-3/h8-11,14-20,22,26,33,36H,4-7,12-13,21H2,1-3H3,(H,37,40)/t33-/m1/s1. The molecule has 0 bridgehead atoms. The molecule has 5 rings (SSSR count). The SMILES string of the molecule is CCOC(=O)c1cccc(N(C(=O)Cc2c[nH]c3ccccc23)[C@@H](C(=O)NC2CCCCC2)c2ccc(OC)c(OC)c2)c1. The molecule has 0 unspecified atom stereocenters. The summed E-state index contributed by atoms with van der Waals surface area (Å²) in [6.45, 7) is 1.95. The predicted octanol–water partition coefficient (Wildman–Crippen LogP) is 6.13. The lowest BCUT2D eigenvalue weighted by Crippen LogP contribution is -2.47. The van der Waals surface area contributed by atoms with Gasteiger partial charge >= 0.3 is 5.97 Å². The second kappa shape index (κ2) is 14.1. The summed E-state index contributed by atoms with van der Waals surface area (Å²) in [5.74, 6) is -0.187. The number of nitrogens with one attached hydrogen (secondary N) is 2. The van der Waals surface area contributed by atoms with Crippen LogP contribution in [0, 0.1) is 0 Å². The van der Waals surface area contributed by atoms with E-state index in [2.05, 4.69) is 10.3 Å². The number of ether oxygens (including phenoxy) is 3. The molecule has 9 nitrogen and oxygen atoms in total. The number of carbonyl (C=O) groups is 3. The van der Waals surface area contributed by atoms with Crippen molar-refractivity contribution in [3.63, 3.8) is 0 Å². The first-order valence-corrected chi connectivity index (χ1v) is 15.1. The molecule has 4 aromatic rings. The Morgan fingerprint density at radius 3 is 2.45 bits per heavy atom. The average Bonchev–Trinajstić information content (AvgIpc) is 3.46. The second-order valence-electron chi connectivity index (χ2n) is 10.9. The smallest absolute Gasteiger partial charge is 0.338 e. The number of para-hydroxylation sites is 1. The van der Waals surface area contributed by atoms with Gasteiger partial charge in [0, 0.05) is 28.8 Å². The number of aromatic amines is 1. The molecule has 1 aliphatic carbocycles. The van der Waals surface area contributed by atoms with Gasteiger partial charge in [-0.05, 0) is 67.3 Å². The van der Waals surface area contributed by atoms with Gasteiger partial charge in [-0.2, -0.15) is 0 Å². The molecule has 2 amide bonds. The van der Waals surface area contributed by atoms with Crippen LogP contribution in [-0.4, -0.2) is 49.6 Å². The second-order valence-corrected chi connectivity index (χ2v) is 10.9. The van der Waals surface area contributed by atoms with E-state index in [0.29, 0.717) is 22.7 Å². The molecule has 2 N–H and O–H groups in total. The highest BCUT2D eigenvalue weighted by molar-refractivity contribution is 6.04. The van der Waals surface area contributed by atoms with Crippen LogP contribution in [0.25, 0.3) is 10.9 Å². The molecular formula is C35H39N3O6. The number of esters is 1. The third kappa shape index (κ3) is 6.72. The van der Waals surface area contributed by atoms with E-state index in [4.69, 9.17) is 14.2 Å². The van der Waals surface area contributed by atoms with Crippen molar-refractivity contribution in [2.45, 2.75) is 57.5 Å². The van der Waals surface area contributed by atoms with Crippen LogP contribution in [-0.2, 0) is 20.7 Å². The van der Waals surface area contributed by atoms with Gasteiger partial charge in [-0.15, -0.1) is 0 Å². The van der Waals surface area contributed by atoms with Gasteiger partial charge in [-0.1, -0.05) is 49.6 Å². The number of fused-ring (bicyclic) bond motifs is 1. The lowest BCUT2D eigenvalue weighted by molar-refractivity contribution is -0.127. The minimum Gasteiger partial charge on any atom is -0.493 e. The van der Waals surface area contributed by atoms with E-state index in [9.17, 15) is 14.4 Å². The molecule has 0 spiro atoms. The van der Waals surface area contributed by atoms with Crippen LogP contribution in [0.5, 0.6) is 11.5 Å². The number of H-pyrrole nitrogens is 1. The number of nitrogens with zero attached hydrogens (tertiary/aromatic N) is 1. The normalized spacial score (nSPS) is 14.1. The Morgan fingerprint density at radius 2 is 1.70 bits per heavy atom. The molecule has 230 valence electrons. The van der Waals surface area contributed by atoms with Crippen LogP contribution in [0.2, 0.25) is 0 Å². The molecule has 0 aliphatic heterocycles.